The lowest BCUT2D eigenvalue weighted by molar-refractivity contribution is -0.118. The number of ketones is 1. The first-order chi connectivity index (χ1) is 4.29. The van der Waals surface area contributed by atoms with E-state index in [9.17, 15) is 4.79 Å². The van der Waals surface area contributed by atoms with Crippen molar-refractivity contribution >= 4 is 5.78 Å². The highest BCUT2D eigenvalue weighted by molar-refractivity contribution is 5.78. The second-order valence-corrected chi connectivity index (χ2v) is 3.07. The molecule has 0 unspecified atom stereocenters. The van der Waals surface area contributed by atoms with Crippen LogP contribution in [-0.4, -0.2) is 5.78 Å². The highest BCUT2D eigenvalue weighted by Gasteiger charge is 2.11. The number of carbonyl (C=O) groups is 1. The molecule has 1 aliphatic rings. The molecule has 52 valence electrons. The molecule has 0 heterocycles. The lowest BCUT2D eigenvalue weighted by atomic mass is 10.0. The van der Waals surface area contributed by atoms with Crippen LogP contribution in [0.1, 0.15) is 39.0 Å². The van der Waals surface area contributed by atoms with Crippen molar-refractivity contribution in [2.75, 3.05) is 0 Å². The molecule has 0 aromatic rings. The summed E-state index contributed by atoms with van der Waals surface area (Å²) in [6, 6.07) is 0. The van der Waals surface area contributed by atoms with Gasteiger partial charge in [0.1, 0.15) is 5.78 Å². The van der Waals surface area contributed by atoms with Crippen molar-refractivity contribution in [1.82, 2.24) is 0 Å². The second kappa shape index (κ2) is 3.00. The number of Topliss-reactive ketones (excluding diaryl/α,β-unsaturated/α-hetero) is 1. The first-order valence-electron chi connectivity index (χ1n) is 3.81. The van der Waals surface area contributed by atoms with E-state index in [1.165, 1.54) is 6.42 Å². The van der Waals surface area contributed by atoms with Crippen LogP contribution in [-0.2, 0) is 4.79 Å². The molecule has 9 heavy (non-hydrogen) atoms. The number of hydrogen-bond acceptors (Lipinski definition) is 1. The van der Waals surface area contributed by atoms with Gasteiger partial charge in [-0.25, -0.2) is 0 Å². The lowest BCUT2D eigenvalue weighted by Crippen LogP contribution is -1.93. The largest absolute Gasteiger partial charge is 0.300 e. The summed E-state index contributed by atoms with van der Waals surface area (Å²) in [5, 5.41) is 0. The van der Waals surface area contributed by atoms with Gasteiger partial charge in [0.05, 0.1) is 0 Å². The second-order valence-electron chi connectivity index (χ2n) is 3.07. The minimum absolute atomic E-state index is 0.472. The maximum absolute atomic E-state index is 10.8. The van der Waals surface area contributed by atoms with Crippen LogP contribution < -0.4 is 0 Å². The highest BCUT2D eigenvalue weighted by Crippen LogP contribution is 2.19. The van der Waals surface area contributed by atoms with Gasteiger partial charge in [-0.3, -0.25) is 4.79 Å². The van der Waals surface area contributed by atoms with E-state index in [-0.39, 0.29) is 0 Å². The summed E-state index contributed by atoms with van der Waals surface area (Å²) in [7, 11) is 0. The molecule has 0 aromatic carbocycles. The molecule has 1 heteroatoms. The molecule has 0 bridgehead atoms. The van der Waals surface area contributed by atoms with E-state index < -0.39 is 0 Å². The summed E-state index contributed by atoms with van der Waals surface area (Å²) in [6.45, 7) is 2.23. The normalized spacial score (nSPS) is 29.9. The smallest absolute Gasteiger partial charge is 0.132 e. The Morgan fingerprint density at radius 2 is 2.11 bits per heavy atom. The highest BCUT2D eigenvalue weighted by atomic mass is 16.1. The predicted octanol–water partition coefficient (Wildman–Crippen LogP) is 2.16. The van der Waals surface area contributed by atoms with E-state index in [1.807, 2.05) is 0 Å². The fourth-order valence-electron chi connectivity index (χ4n) is 1.32. The molecule has 1 rings (SSSR count). The van der Waals surface area contributed by atoms with Crippen molar-refractivity contribution in [3.05, 3.63) is 0 Å². The van der Waals surface area contributed by atoms with Gasteiger partial charge in [-0.15, -0.1) is 0 Å². The Hall–Kier alpha value is -0.330. The van der Waals surface area contributed by atoms with Crippen LogP contribution in [0.2, 0.25) is 0 Å². The topological polar surface area (TPSA) is 17.1 Å². The number of carbonyl (C=O) groups excluding carboxylic acids is 1. The molecule has 1 saturated carbocycles. The van der Waals surface area contributed by atoms with Gasteiger partial charge in [0.15, 0.2) is 0 Å². The van der Waals surface area contributed by atoms with Crippen molar-refractivity contribution in [2.24, 2.45) is 5.92 Å². The Morgan fingerprint density at radius 3 is 2.89 bits per heavy atom. The fraction of sp³-hybridized carbons (Fsp3) is 0.875. The third-order valence-electron chi connectivity index (χ3n) is 2.07. The minimum Gasteiger partial charge on any atom is -0.300 e. The third kappa shape index (κ3) is 2.17. The molecule has 0 amide bonds. The van der Waals surface area contributed by atoms with E-state index >= 15 is 0 Å². The van der Waals surface area contributed by atoms with Gasteiger partial charge in [-0.1, -0.05) is 13.3 Å². The van der Waals surface area contributed by atoms with E-state index in [0.29, 0.717) is 5.78 Å². The van der Waals surface area contributed by atoms with E-state index in [4.69, 9.17) is 0 Å². The average Bonchev–Trinajstić information content (AvgIpc) is 1.97. The van der Waals surface area contributed by atoms with E-state index in [1.54, 1.807) is 0 Å². The van der Waals surface area contributed by atoms with Crippen LogP contribution in [0.15, 0.2) is 0 Å². The van der Waals surface area contributed by atoms with Gasteiger partial charge in [0, 0.05) is 12.8 Å². The van der Waals surface area contributed by atoms with Crippen LogP contribution in [0.4, 0.5) is 0 Å². The first-order valence-corrected chi connectivity index (χ1v) is 3.81. The van der Waals surface area contributed by atoms with E-state index in [0.717, 1.165) is 31.6 Å². The molecule has 1 atom stereocenters. The van der Waals surface area contributed by atoms with Crippen molar-refractivity contribution in [3.8, 4) is 0 Å². The van der Waals surface area contributed by atoms with Crippen LogP contribution in [0, 0.1) is 5.92 Å². The summed E-state index contributed by atoms with van der Waals surface area (Å²) in [5.41, 5.74) is 0. The van der Waals surface area contributed by atoms with Gasteiger partial charge in [-0.05, 0) is 18.8 Å². The molecule has 0 N–H and O–H groups in total. The van der Waals surface area contributed by atoms with Gasteiger partial charge in [-0.2, -0.15) is 0 Å². The Bertz CT molecular complexity index is 107. The van der Waals surface area contributed by atoms with Gasteiger partial charge >= 0.3 is 0 Å². The summed E-state index contributed by atoms with van der Waals surface area (Å²) < 4.78 is 0. The summed E-state index contributed by atoms with van der Waals surface area (Å²) >= 11 is 0. The summed E-state index contributed by atoms with van der Waals surface area (Å²) in [6.07, 6.45) is 5.18. The zero-order valence-corrected chi connectivity index (χ0v) is 6.02. The van der Waals surface area contributed by atoms with Crippen LogP contribution in [0.25, 0.3) is 0 Å². The SMILES string of the molecule is C[C@@H]1CCCC(=O)CC1. The van der Waals surface area contributed by atoms with Crippen molar-refractivity contribution in [2.45, 2.75) is 39.0 Å². The summed E-state index contributed by atoms with van der Waals surface area (Å²) in [5.74, 6) is 1.26. The van der Waals surface area contributed by atoms with Gasteiger partial charge < -0.3 is 0 Å². The predicted molar refractivity (Wildman–Crippen MR) is 37.3 cm³/mol. The molecule has 0 spiro atoms. The third-order valence-corrected chi connectivity index (χ3v) is 2.07. The number of rotatable bonds is 0. The van der Waals surface area contributed by atoms with E-state index in [2.05, 4.69) is 6.92 Å². The van der Waals surface area contributed by atoms with Gasteiger partial charge in [0.2, 0.25) is 0 Å². The molecular formula is C8H14O. The molecule has 1 nitrogen and oxygen atoms in total. The molecule has 0 aliphatic heterocycles. The average molecular weight is 126 g/mol. The first kappa shape index (κ1) is 6.79. The standard InChI is InChI=1S/C8H14O/c1-7-3-2-4-8(9)6-5-7/h7H,2-6H2,1H3/t7-/m1/s1. The van der Waals surface area contributed by atoms with Crippen LogP contribution in [0.5, 0.6) is 0 Å². The van der Waals surface area contributed by atoms with Gasteiger partial charge in [0.25, 0.3) is 0 Å². The maximum atomic E-state index is 10.8. The minimum atomic E-state index is 0.472. The molecule has 1 fully saturated rings. The van der Waals surface area contributed by atoms with Crippen LogP contribution >= 0.6 is 0 Å². The molecule has 0 saturated heterocycles. The van der Waals surface area contributed by atoms with Crippen LogP contribution in [0.3, 0.4) is 0 Å². The fourth-order valence-corrected chi connectivity index (χ4v) is 1.32. The Kier molecular flexibility index (Phi) is 2.26. The number of hydrogen-bond donors (Lipinski definition) is 0. The Balaban J connectivity index is 2.34. The monoisotopic (exact) mass is 126 g/mol. The molecule has 0 aromatic heterocycles. The molecule has 0 radical (unpaired) electrons. The Labute approximate surface area is 56.4 Å². The van der Waals surface area contributed by atoms with Crippen molar-refractivity contribution in [3.63, 3.8) is 0 Å². The van der Waals surface area contributed by atoms with Crippen molar-refractivity contribution < 1.29 is 4.79 Å². The summed E-state index contributed by atoms with van der Waals surface area (Å²) in [4.78, 5) is 10.8. The molecular weight excluding hydrogens is 112 g/mol. The zero-order valence-electron chi connectivity index (χ0n) is 6.02. The Morgan fingerprint density at radius 1 is 1.33 bits per heavy atom. The maximum Gasteiger partial charge on any atom is 0.132 e. The molecule has 1 aliphatic carbocycles. The zero-order chi connectivity index (χ0) is 6.69. The van der Waals surface area contributed by atoms with Crippen molar-refractivity contribution in [1.29, 1.82) is 0 Å². The lowest BCUT2D eigenvalue weighted by Gasteiger charge is -2.02. The quantitative estimate of drug-likeness (QED) is 0.454.